The van der Waals surface area contributed by atoms with Crippen LogP contribution in [0, 0.1) is 6.92 Å². The fourth-order valence-corrected chi connectivity index (χ4v) is 13.0. The molecular weight excluding hydrogens is 756 g/mol. The molecule has 278 valence electrons. The van der Waals surface area contributed by atoms with Crippen LogP contribution in [0.1, 0.15) is 31.9 Å². The van der Waals surface area contributed by atoms with E-state index in [1.165, 1.54) is 112 Å². The van der Waals surface area contributed by atoms with Crippen molar-refractivity contribution in [2.75, 3.05) is 4.81 Å². The molecular formula is C53H35BN2OS2. The van der Waals surface area contributed by atoms with Crippen LogP contribution in [0.4, 0.5) is 11.4 Å². The topological polar surface area (TPSA) is 21.3 Å². The summed E-state index contributed by atoms with van der Waals surface area (Å²) in [5.41, 5.74) is 16.1. The van der Waals surface area contributed by atoms with Crippen molar-refractivity contribution in [3.05, 3.63) is 151 Å². The van der Waals surface area contributed by atoms with E-state index < -0.39 is 0 Å². The van der Waals surface area contributed by atoms with E-state index in [1.54, 1.807) is 0 Å². The zero-order valence-corrected chi connectivity index (χ0v) is 34.6. The summed E-state index contributed by atoms with van der Waals surface area (Å²) >= 11 is 3.80. The van der Waals surface area contributed by atoms with Gasteiger partial charge in [0.25, 0.3) is 0 Å². The van der Waals surface area contributed by atoms with Crippen LogP contribution in [0.3, 0.4) is 0 Å². The molecule has 2 aliphatic rings. The molecule has 0 fully saturated rings. The third kappa shape index (κ3) is 4.18. The highest BCUT2D eigenvalue weighted by atomic mass is 32.1. The molecule has 0 radical (unpaired) electrons. The second kappa shape index (κ2) is 11.0. The maximum atomic E-state index is 6.58. The zero-order chi connectivity index (χ0) is 39.1. The summed E-state index contributed by atoms with van der Waals surface area (Å²) in [4.78, 5) is 2.69. The average Bonchev–Trinajstić information content (AvgIpc) is 3.99. The van der Waals surface area contributed by atoms with Crippen LogP contribution in [0.25, 0.3) is 101 Å². The fraction of sp³-hybridized carbons (Fsp3) is 0.0943. The largest absolute Gasteiger partial charge is 0.456 e. The molecule has 14 rings (SSSR count). The second-order valence-corrected chi connectivity index (χ2v) is 19.9. The minimum absolute atomic E-state index is 0.0465. The van der Waals surface area contributed by atoms with Gasteiger partial charge in [0.05, 0.1) is 11.0 Å². The maximum absolute atomic E-state index is 6.58. The van der Waals surface area contributed by atoms with E-state index in [4.69, 9.17) is 4.42 Å². The number of aromatic nitrogens is 1. The lowest BCUT2D eigenvalue weighted by atomic mass is 9.43. The Balaban J connectivity index is 1.19. The third-order valence-electron chi connectivity index (χ3n) is 13.4. The molecule has 0 saturated carbocycles. The minimum atomic E-state index is -0.0675. The monoisotopic (exact) mass is 790 g/mol. The van der Waals surface area contributed by atoms with Gasteiger partial charge < -0.3 is 13.8 Å². The van der Waals surface area contributed by atoms with Gasteiger partial charge in [-0.25, -0.2) is 0 Å². The predicted molar refractivity (Wildman–Crippen MR) is 256 cm³/mol. The van der Waals surface area contributed by atoms with E-state index in [0.29, 0.717) is 0 Å². The summed E-state index contributed by atoms with van der Waals surface area (Å²) in [5, 5.41) is 10.1. The van der Waals surface area contributed by atoms with Gasteiger partial charge in [-0.05, 0) is 101 Å². The number of hydrogen-bond acceptors (Lipinski definition) is 4. The molecule has 0 bridgehead atoms. The van der Waals surface area contributed by atoms with Crippen LogP contribution in [0.5, 0.6) is 0 Å². The smallest absolute Gasteiger partial charge is 0.333 e. The van der Waals surface area contributed by atoms with Crippen molar-refractivity contribution in [1.82, 2.24) is 4.57 Å². The van der Waals surface area contributed by atoms with Gasteiger partial charge in [0, 0.05) is 84.5 Å². The molecule has 6 heterocycles. The third-order valence-corrected chi connectivity index (χ3v) is 15.7. The number of benzene rings is 8. The molecule has 59 heavy (non-hydrogen) atoms. The molecule has 0 atom stereocenters. The molecule has 0 amide bonds. The van der Waals surface area contributed by atoms with E-state index >= 15 is 0 Å². The normalized spacial score (nSPS) is 13.7. The zero-order valence-electron chi connectivity index (χ0n) is 33.0. The Hall–Kier alpha value is -6.34. The number of furan rings is 1. The average molecular weight is 791 g/mol. The summed E-state index contributed by atoms with van der Waals surface area (Å²) in [6.45, 7) is 9.16. The van der Waals surface area contributed by atoms with Crippen molar-refractivity contribution in [3.63, 3.8) is 0 Å². The van der Waals surface area contributed by atoms with Gasteiger partial charge in [-0.1, -0.05) is 99.6 Å². The summed E-state index contributed by atoms with van der Waals surface area (Å²) in [6.07, 6.45) is 0. The lowest BCUT2D eigenvalue weighted by Crippen LogP contribution is -2.60. The van der Waals surface area contributed by atoms with Gasteiger partial charge in [-0.3, -0.25) is 0 Å². The number of para-hydroxylation sites is 1. The Morgan fingerprint density at radius 3 is 1.97 bits per heavy atom. The van der Waals surface area contributed by atoms with Gasteiger partial charge in [-0.2, -0.15) is 0 Å². The highest BCUT2D eigenvalue weighted by Crippen LogP contribution is 2.50. The number of fused-ring (bicyclic) bond motifs is 17. The van der Waals surface area contributed by atoms with Gasteiger partial charge in [0.2, 0.25) is 0 Å². The number of aryl methyl sites for hydroxylation is 1. The summed E-state index contributed by atoms with van der Waals surface area (Å²) in [5.74, 6) is 0. The number of nitrogens with zero attached hydrogens (tertiary/aromatic N) is 2. The van der Waals surface area contributed by atoms with Gasteiger partial charge in [-0.15, -0.1) is 22.7 Å². The lowest BCUT2D eigenvalue weighted by molar-refractivity contribution is 0.590. The summed E-state index contributed by atoms with van der Waals surface area (Å²) < 4.78 is 14.5. The molecule has 0 spiro atoms. The van der Waals surface area contributed by atoms with E-state index in [2.05, 4.69) is 177 Å². The number of thiophene rings is 2. The predicted octanol–water partition coefficient (Wildman–Crippen LogP) is 14.3. The molecule has 3 nitrogen and oxygen atoms in total. The van der Waals surface area contributed by atoms with Crippen molar-refractivity contribution in [2.45, 2.75) is 33.1 Å². The lowest BCUT2D eigenvalue weighted by Gasteiger charge is -2.42. The molecule has 8 aromatic carbocycles. The molecule has 6 heteroatoms. The van der Waals surface area contributed by atoms with E-state index in [9.17, 15) is 0 Å². The first-order valence-corrected chi connectivity index (χ1v) is 22.2. The summed E-state index contributed by atoms with van der Waals surface area (Å²) in [6, 6.07) is 53.0. The van der Waals surface area contributed by atoms with Crippen LogP contribution >= 0.6 is 22.7 Å². The summed E-state index contributed by atoms with van der Waals surface area (Å²) in [7, 11) is 0. The molecule has 0 aliphatic carbocycles. The first-order chi connectivity index (χ1) is 28.8. The van der Waals surface area contributed by atoms with Crippen LogP contribution < -0.4 is 15.7 Å². The van der Waals surface area contributed by atoms with Gasteiger partial charge in [0.15, 0.2) is 0 Å². The Morgan fingerprint density at radius 1 is 0.542 bits per heavy atom. The Kier molecular flexibility index (Phi) is 6.09. The number of rotatable bonds is 1. The number of anilines is 2. The van der Waals surface area contributed by atoms with Crippen LogP contribution in [-0.4, -0.2) is 11.4 Å². The van der Waals surface area contributed by atoms with Crippen LogP contribution in [0.15, 0.2) is 144 Å². The van der Waals surface area contributed by atoms with Crippen LogP contribution in [0.2, 0.25) is 0 Å². The number of hydrogen-bond donors (Lipinski definition) is 0. The fourth-order valence-electron chi connectivity index (χ4n) is 10.7. The van der Waals surface area contributed by atoms with Crippen molar-refractivity contribution in [2.24, 2.45) is 0 Å². The van der Waals surface area contributed by atoms with E-state index in [-0.39, 0.29) is 12.3 Å². The molecule has 0 unspecified atom stereocenters. The Labute approximate surface area is 348 Å². The van der Waals surface area contributed by atoms with Crippen molar-refractivity contribution in [3.8, 4) is 16.8 Å². The standard InChI is InChI=1S/C53H35BN2OS2/c1-28-21-38-34-26-48-37(33-13-7-10-16-47(33)58-48)24-42(34)56(30-19-17-29(18-20-30)53(2,3)4)54-40-22-36-32-12-6-9-15-46(32)59-49(36)27-43(40)55-41-23-35-31-11-5-8-14-44(31)57-45(35)25-39(41)50(28)52(55)51(38)54/h5-27H,1-4H3. The highest BCUT2D eigenvalue weighted by Gasteiger charge is 2.45. The molecule has 4 aromatic heterocycles. The molecule has 0 N–H and O–H groups in total. The quantitative estimate of drug-likeness (QED) is 0.154. The molecule has 0 saturated heterocycles. The Morgan fingerprint density at radius 2 is 1.22 bits per heavy atom. The van der Waals surface area contributed by atoms with Crippen molar-refractivity contribution >= 4 is 136 Å². The van der Waals surface area contributed by atoms with E-state index in [1.807, 2.05) is 22.7 Å². The van der Waals surface area contributed by atoms with Gasteiger partial charge >= 0.3 is 6.85 Å². The minimum Gasteiger partial charge on any atom is -0.456 e. The van der Waals surface area contributed by atoms with Gasteiger partial charge in [0.1, 0.15) is 11.2 Å². The van der Waals surface area contributed by atoms with E-state index in [0.717, 1.165) is 21.9 Å². The van der Waals surface area contributed by atoms with Crippen molar-refractivity contribution in [1.29, 1.82) is 0 Å². The highest BCUT2D eigenvalue weighted by molar-refractivity contribution is 7.26. The van der Waals surface area contributed by atoms with Crippen LogP contribution in [-0.2, 0) is 5.41 Å². The maximum Gasteiger partial charge on any atom is 0.333 e. The second-order valence-electron chi connectivity index (χ2n) is 17.7. The Bertz CT molecular complexity index is 3850. The van der Waals surface area contributed by atoms with Crippen molar-refractivity contribution < 1.29 is 4.42 Å². The first kappa shape index (κ1) is 32.6. The molecule has 12 aromatic rings. The molecule has 2 aliphatic heterocycles. The SMILES string of the molecule is Cc1cc2c3c4c1c1cc5oc6ccccc6c5cc1n4-c1cc4sc5ccccc5c4cc1B3N(c1ccc(C(C)(C)C)cc1)c1cc3c(cc1-2)sc1ccccc13. The first-order valence-electron chi connectivity index (χ1n) is 20.5.